The smallest absolute Gasteiger partial charge is 0.408 e. The van der Waals surface area contributed by atoms with Crippen molar-refractivity contribution in [2.45, 2.75) is 31.9 Å². The van der Waals surface area contributed by atoms with Crippen molar-refractivity contribution in [2.75, 3.05) is 19.6 Å². The van der Waals surface area contributed by atoms with Gasteiger partial charge in [0.2, 0.25) is 0 Å². The summed E-state index contributed by atoms with van der Waals surface area (Å²) in [6.07, 6.45) is 1.65. The molecule has 4 rings (SSSR count). The summed E-state index contributed by atoms with van der Waals surface area (Å²) in [5.74, 6) is 0.596. The van der Waals surface area contributed by atoms with E-state index in [-0.39, 0.29) is 18.2 Å². The molecule has 4 nitrogen and oxygen atoms in total. The first kappa shape index (κ1) is 14.7. The average Bonchev–Trinajstić information content (AvgIpc) is 2.48. The number of alkyl carbamates (subject to hydrolysis) is 1. The normalized spacial score (nSPS) is 29.0. The van der Waals surface area contributed by atoms with Gasteiger partial charge in [-0.3, -0.25) is 0 Å². The first-order valence-electron chi connectivity index (χ1n) is 7.57. The van der Waals surface area contributed by atoms with Gasteiger partial charge >= 0.3 is 6.09 Å². The van der Waals surface area contributed by atoms with E-state index in [2.05, 4.69) is 10.2 Å². The fourth-order valence-corrected chi connectivity index (χ4v) is 3.63. The Balaban J connectivity index is 1.56. The van der Waals surface area contributed by atoms with Gasteiger partial charge in [0, 0.05) is 23.2 Å². The van der Waals surface area contributed by atoms with Gasteiger partial charge in [-0.05, 0) is 44.8 Å². The van der Waals surface area contributed by atoms with Gasteiger partial charge in [0.05, 0.1) is 0 Å². The number of hydrogen-bond acceptors (Lipinski definition) is 3. The summed E-state index contributed by atoms with van der Waals surface area (Å²) in [6, 6.07) is 7.67. The number of rotatable bonds is 3. The molecule has 1 aromatic carbocycles. The van der Waals surface area contributed by atoms with Gasteiger partial charge in [0.15, 0.2) is 0 Å². The van der Waals surface area contributed by atoms with E-state index in [1.54, 1.807) is 0 Å². The second-order valence-electron chi connectivity index (χ2n) is 5.96. The van der Waals surface area contributed by atoms with Crippen molar-refractivity contribution in [3.63, 3.8) is 0 Å². The highest BCUT2D eigenvalue weighted by molar-refractivity contribution is 6.31. The van der Waals surface area contributed by atoms with Gasteiger partial charge < -0.3 is 15.0 Å². The van der Waals surface area contributed by atoms with Crippen LogP contribution in [0.4, 0.5) is 4.79 Å². The van der Waals surface area contributed by atoms with Crippen LogP contribution in [0, 0.1) is 5.92 Å². The van der Waals surface area contributed by atoms with Crippen LogP contribution in [0.1, 0.15) is 31.4 Å². The number of piperidine rings is 3. The van der Waals surface area contributed by atoms with Crippen LogP contribution < -0.4 is 5.32 Å². The lowest BCUT2D eigenvalue weighted by atomic mass is 9.84. The molecule has 114 valence electrons. The molecule has 21 heavy (non-hydrogen) atoms. The Morgan fingerprint density at radius 1 is 1.38 bits per heavy atom. The molecule has 0 unspecified atom stereocenters. The Hall–Kier alpha value is -1.26. The lowest BCUT2D eigenvalue weighted by molar-refractivity contribution is 0.0568. The maximum absolute atomic E-state index is 12.1. The standard InChI is InChI=1S/C16H21ClN2O2/c1-11(13-4-2-3-5-14(13)17)21-16(20)18-15-10-19-8-6-12(15)7-9-19/h2-5,11-12,15H,6-10H2,1H3,(H,18,20)/t11-,15-/m1/s1. The number of hydrogen-bond donors (Lipinski definition) is 1. The van der Waals surface area contributed by atoms with Gasteiger partial charge in [0.1, 0.15) is 6.10 Å². The lowest BCUT2D eigenvalue weighted by Crippen LogP contribution is -2.57. The van der Waals surface area contributed by atoms with E-state index in [4.69, 9.17) is 16.3 Å². The average molecular weight is 309 g/mol. The van der Waals surface area contributed by atoms with Crippen molar-refractivity contribution in [1.82, 2.24) is 10.2 Å². The molecule has 5 heteroatoms. The predicted octanol–water partition coefficient (Wildman–Crippen LogP) is 3.22. The van der Waals surface area contributed by atoms with Crippen LogP contribution in [0.25, 0.3) is 0 Å². The summed E-state index contributed by atoms with van der Waals surface area (Å²) in [5, 5.41) is 3.65. The van der Waals surface area contributed by atoms with Crippen LogP contribution in [0.2, 0.25) is 5.02 Å². The molecular weight excluding hydrogens is 288 g/mol. The minimum absolute atomic E-state index is 0.221. The minimum atomic E-state index is -0.347. The first-order chi connectivity index (χ1) is 10.1. The third kappa shape index (κ3) is 3.33. The van der Waals surface area contributed by atoms with Crippen molar-refractivity contribution in [2.24, 2.45) is 5.92 Å². The Morgan fingerprint density at radius 3 is 2.71 bits per heavy atom. The minimum Gasteiger partial charge on any atom is -0.442 e. The third-order valence-corrected chi connectivity index (χ3v) is 4.93. The molecule has 0 aromatic heterocycles. The molecule has 3 aliphatic rings. The molecule has 0 spiro atoms. The van der Waals surface area contributed by atoms with E-state index in [0.717, 1.165) is 25.2 Å². The van der Waals surface area contributed by atoms with Crippen LogP contribution >= 0.6 is 11.6 Å². The number of fused-ring (bicyclic) bond motifs is 3. The Labute approximate surface area is 130 Å². The van der Waals surface area contributed by atoms with Gasteiger partial charge in [-0.15, -0.1) is 0 Å². The van der Waals surface area contributed by atoms with E-state index in [0.29, 0.717) is 10.9 Å². The van der Waals surface area contributed by atoms with E-state index >= 15 is 0 Å². The van der Waals surface area contributed by atoms with Gasteiger partial charge in [-0.1, -0.05) is 29.8 Å². The van der Waals surface area contributed by atoms with Crippen LogP contribution in [0.5, 0.6) is 0 Å². The van der Waals surface area contributed by atoms with Crippen LogP contribution in [0.3, 0.4) is 0 Å². The number of amides is 1. The topological polar surface area (TPSA) is 41.6 Å². The van der Waals surface area contributed by atoms with Gasteiger partial charge in [0.25, 0.3) is 0 Å². The van der Waals surface area contributed by atoms with Crippen molar-refractivity contribution >= 4 is 17.7 Å². The molecule has 2 bridgehead atoms. The molecule has 3 aliphatic heterocycles. The third-order valence-electron chi connectivity index (χ3n) is 4.59. The Bertz CT molecular complexity index is 515. The van der Waals surface area contributed by atoms with E-state index in [1.807, 2.05) is 31.2 Å². The van der Waals surface area contributed by atoms with Gasteiger partial charge in [-0.2, -0.15) is 0 Å². The number of benzene rings is 1. The highest BCUT2D eigenvalue weighted by atomic mass is 35.5. The largest absolute Gasteiger partial charge is 0.442 e. The SMILES string of the molecule is C[C@@H](OC(=O)N[C@@H]1CN2CCC1CC2)c1ccccc1Cl. The van der Waals surface area contributed by atoms with Crippen molar-refractivity contribution in [3.8, 4) is 0 Å². The Morgan fingerprint density at radius 2 is 2.10 bits per heavy atom. The zero-order valence-electron chi connectivity index (χ0n) is 12.2. The quantitative estimate of drug-likeness (QED) is 0.932. The molecule has 3 saturated heterocycles. The van der Waals surface area contributed by atoms with E-state index in [1.165, 1.54) is 12.8 Å². The molecule has 2 atom stereocenters. The maximum Gasteiger partial charge on any atom is 0.408 e. The van der Waals surface area contributed by atoms with Crippen molar-refractivity contribution < 1.29 is 9.53 Å². The second-order valence-corrected chi connectivity index (χ2v) is 6.37. The summed E-state index contributed by atoms with van der Waals surface area (Å²) in [5.41, 5.74) is 0.836. The van der Waals surface area contributed by atoms with E-state index in [9.17, 15) is 4.79 Å². The number of carbonyl (C=O) groups excluding carboxylic acids is 1. The molecule has 1 amide bonds. The number of nitrogens with zero attached hydrogens (tertiary/aromatic N) is 1. The van der Waals surface area contributed by atoms with E-state index < -0.39 is 0 Å². The van der Waals surface area contributed by atoms with Crippen LogP contribution in [-0.4, -0.2) is 36.7 Å². The fraction of sp³-hybridized carbons (Fsp3) is 0.562. The monoisotopic (exact) mass is 308 g/mol. The molecule has 1 N–H and O–H groups in total. The first-order valence-corrected chi connectivity index (χ1v) is 7.95. The van der Waals surface area contributed by atoms with Crippen molar-refractivity contribution in [1.29, 1.82) is 0 Å². The highest BCUT2D eigenvalue weighted by Gasteiger charge is 2.35. The summed E-state index contributed by atoms with van der Waals surface area (Å²) < 4.78 is 5.47. The van der Waals surface area contributed by atoms with Crippen LogP contribution in [0.15, 0.2) is 24.3 Å². The summed E-state index contributed by atoms with van der Waals surface area (Å²) in [7, 11) is 0. The van der Waals surface area contributed by atoms with Gasteiger partial charge in [-0.25, -0.2) is 4.79 Å². The number of nitrogens with one attached hydrogen (secondary N) is 1. The molecule has 3 fully saturated rings. The zero-order chi connectivity index (χ0) is 14.8. The molecule has 0 aliphatic carbocycles. The molecular formula is C16H21ClN2O2. The van der Waals surface area contributed by atoms with Crippen LogP contribution in [-0.2, 0) is 4.74 Å². The summed E-state index contributed by atoms with van der Waals surface area (Å²) in [4.78, 5) is 14.5. The molecule has 1 aromatic rings. The highest BCUT2D eigenvalue weighted by Crippen LogP contribution is 2.28. The second kappa shape index (κ2) is 6.24. The fourth-order valence-electron chi connectivity index (χ4n) is 3.34. The Kier molecular flexibility index (Phi) is 4.36. The zero-order valence-corrected chi connectivity index (χ0v) is 13.0. The predicted molar refractivity (Wildman–Crippen MR) is 82.4 cm³/mol. The summed E-state index contributed by atoms with van der Waals surface area (Å²) in [6.45, 7) is 5.11. The summed E-state index contributed by atoms with van der Waals surface area (Å²) >= 11 is 6.13. The lowest BCUT2D eigenvalue weighted by Gasteiger charge is -2.44. The molecule has 0 saturated carbocycles. The molecule has 3 heterocycles. The number of carbonyl (C=O) groups is 1. The maximum atomic E-state index is 12.1. The number of ether oxygens (including phenoxy) is 1. The number of halogens is 1. The molecule has 0 radical (unpaired) electrons. The van der Waals surface area contributed by atoms with Crippen molar-refractivity contribution in [3.05, 3.63) is 34.9 Å².